The molecule has 2 aromatic carbocycles. The number of amides is 1. The van der Waals surface area contributed by atoms with Gasteiger partial charge >= 0.3 is 0 Å². The summed E-state index contributed by atoms with van der Waals surface area (Å²) in [5.74, 6) is 0.339. The first kappa shape index (κ1) is 19.3. The van der Waals surface area contributed by atoms with Gasteiger partial charge in [-0.2, -0.15) is 0 Å². The van der Waals surface area contributed by atoms with E-state index in [2.05, 4.69) is 38.0 Å². The molecule has 0 bridgehead atoms. The Morgan fingerprint density at radius 2 is 1.89 bits per heavy atom. The summed E-state index contributed by atoms with van der Waals surface area (Å²) in [5, 5.41) is 11.8. The van der Waals surface area contributed by atoms with E-state index in [9.17, 15) is 9.18 Å². The van der Waals surface area contributed by atoms with Crippen LogP contribution in [0.15, 0.2) is 70.8 Å². The molecule has 3 rings (SSSR count). The van der Waals surface area contributed by atoms with Gasteiger partial charge in [0.15, 0.2) is 11.0 Å². The third-order valence-corrected chi connectivity index (χ3v) is 5.09. The fraction of sp³-hybridized carbons (Fsp3) is 0.105. The molecular weight excluding hydrogens is 431 g/mol. The van der Waals surface area contributed by atoms with Gasteiger partial charge in [0.25, 0.3) is 0 Å². The van der Waals surface area contributed by atoms with Crippen molar-refractivity contribution in [2.75, 3.05) is 11.1 Å². The average molecular weight is 447 g/mol. The molecule has 0 unspecified atom stereocenters. The fourth-order valence-corrected chi connectivity index (χ4v) is 3.37. The molecule has 0 spiro atoms. The molecule has 1 N–H and O–H groups in total. The van der Waals surface area contributed by atoms with Crippen molar-refractivity contribution in [2.45, 2.75) is 11.7 Å². The number of hydrogen-bond acceptors (Lipinski definition) is 4. The number of halogens is 2. The van der Waals surface area contributed by atoms with Gasteiger partial charge in [-0.05, 0) is 48.5 Å². The predicted molar refractivity (Wildman–Crippen MR) is 109 cm³/mol. The second kappa shape index (κ2) is 8.96. The Kier molecular flexibility index (Phi) is 6.41. The zero-order chi connectivity index (χ0) is 19.2. The van der Waals surface area contributed by atoms with Crippen molar-refractivity contribution in [3.63, 3.8) is 0 Å². The summed E-state index contributed by atoms with van der Waals surface area (Å²) in [6.07, 6.45) is 1.72. The van der Waals surface area contributed by atoms with E-state index in [1.165, 1.54) is 23.9 Å². The topological polar surface area (TPSA) is 59.8 Å². The zero-order valence-corrected chi connectivity index (χ0v) is 16.6. The van der Waals surface area contributed by atoms with Crippen LogP contribution in [0.5, 0.6) is 0 Å². The molecule has 0 fully saturated rings. The molecule has 0 saturated heterocycles. The monoisotopic (exact) mass is 446 g/mol. The normalized spacial score (nSPS) is 10.6. The lowest BCUT2D eigenvalue weighted by Gasteiger charge is -2.08. The van der Waals surface area contributed by atoms with Crippen LogP contribution in [0.1, 0.15) is 0 Å². The van der Waals surface area contributed by atoms with Crippen molar-refractivity contribution in [1.29, 1.82) is 0 Å². The molecule has 3 aromatic rings. The van der Waals surface area contributed by atoms with Crippen LogP contribution in [-0.4, -0.2) is 26.4 Å². The van der Waals surface area contributed by atoms with Gasteiger partial charge in [-0.25, -0.2) is 4.39 Å². The third kappa shape index (κ3) is 5.05. The van der Waals surface area contributed by atoms with Gasteiger partial charge in [0.05, 0.1) is 5.75 Å². The molecule has 1 aromatic heterocycles. The summed E-state index contributed by atoms with van der Waals surface area (Å²) in [5.41, 5.74) is 1.47. The maximum Gasteiger partial charge on any atom is 0.234 e. The predicted octanol–water partition coefficient (Wildman–Crippen LogP) is 4.76. The van der Waals surface area contributed by atoms with Crippen molar-refractivity contribution in [3.05, 3.63) is 71.5 Å². The Bertz CT molecular complexity index is 941. The highest BCUT2D eigenvalue weighted by Crippen LogP contribution is 2.24. The van der Waals surface area contributed by atoms with Gasteiger partial charge < -0.3 is 5.32 Å². The minimum Gasteiger partial charge on any atom is -0.325 e. The second-order valence-corrected chi connectivity index (χ2v) is 7.41. The van der Waals surface area contributed by atoms with E-state index in [4.69, 9.17) is 0 Å². The maximum absolute atomic E-state index is 13.2. The Balaban J connectivity index is 1.70. The van der Waals surface area contributed by atoms with Crippen LogP contribution in [0.4, 0.5) is 10.1 Å². The molecule has 8 heteroatoms. The molecule has 0 aliphatic rings. The zero-order valence-electron chi connectivity index (χ0n) is 14.2. The Morgan fingerprint density at radius 1 is 1.19 bits per heavy atom. The first-order valence-electron chi connectivity index (χ1n) is 8.05. The van der Waals surface area contributed by atoms with Crippen LogP contribution < -0.4 is 5.32 Å². The Labute approximate surface area is 168 Å². The van der Waals surface area contributed by atoms with Crippen molar-refractivity contribution < 1.29 is 9.18 Å². The average Bonchev–Trinajstić information content (AvgIpc) is 3.06. The number of aromatic nitrogens is 3. The van der Waals surface area contributed by atoms with Crippen molar-refractivity contribution >= 4 is 39.3 Å². The first-order chi connectivity index (χ1) is 13.1. The van der Waals surface area contributed by atoms with E-state index in [1.54, 1.807) is 18.2 Å². The molecule has 5 nitrogen and oxygen atoms in total. The summed E-state index contributed by atoms with van der Waals surface area (Å²) in [7, 11) is 0. The lowest BCUT2D eigenvalue weighted by molar-refractivity contribution is -0.113. The van der Waals surface area contributed by atoms with Crippen LogP contribution >= 0.6 is 27.7 Å². The number of nitrogens with zero attached hydrogens (tertiary/aromatic N) is 3. The number of nitrogens with one attached hydrogen (secondary N) is 1. The van der Waals surface area contributed by atoms with Gasteiger partial charge in [-0.1, -0.05) is 33.8 Å². The number of allylic oxidation sites excluding steroid dienone is 1. The number of thioether (sulfide) groups is 1. The molecule has 1 heterocycles. The summed E-state index contributed by atoms with van der Waals surface area (Å²) < 4.78 is 15.9. The van der Waals surface area contributed by atoms with Crippen molar-refractivity contribution in [1.82, 2.24) is 14.8 Å². The molecule has 0 radical (unpaired) electrons. The van der Waals surface area contributed by atoms with Crippen LogP contribution in [0, 0.1) is 5.82 Å². The van der Waals surface area contributed by atoms with Gasteiger partial charge in [0.2, 0.25) is 5.91 Å². The lowest BCUT2D eigenvalue weighted by Crippen LogP contribution is -2.14. The molecular formula is C19H16BrFN4OS. The summed E-state index contributed by atoms with van der Waals surface area (Å²) in [4.78, 5) is 12.2. The van der Waals surface area contributed by atoms with E-state index in [-0.39, 0.29) is 17.5 Å². The van der Waals surface area contributed by atoms with Crippen LogP contribution in [0.25, 0.3) is 11.4 Å². The first-order valence-corrected chi connectivity index (χ1v) is 9.83. The molecule has 1 amide bonds. The second-order valence-electron chi connectivity index (χ2n) is 5.56. The van der Waals surface area contributed by atoms with Gasteiger partial charge in [-0.15, -0.1) is 16.8 Å². The maximum atomic E-state index is 13.2. The Morgan fingerprint density at radius 3 is 2.56 bits per heavy atom. The van der Waals surface area contributed by atoms with Gasteiger partial charge in [0, 0.05) is 22.3 Å². The van der Waals surface area contributed by atoms with Crippen LogP contribution in [0.2, 0.25) is 0 Å². The van der Waals surface area contributed by atoms with E-state index in [0.29, 0.717) is 17.5 Å². The number of carbonyl (C=O) groups is 1. The smallest absolute Gasteiger partial charge is 0.234 e. The van der Waals surface area contributed by atoms with Crippen molar-refractivity contribution in [2.24, 2.45) is 0 Å². The Hall–Kier alpha value is -2.45. The highest BCUT2D eigenvalue weighted by atomic mass is 79.9. The number of benzene rings is 2. The molecule has 138 valence electrons. The fourth-order valence-electron chi connectivity index (χ4n) is 2.36. The largest absolute Gasteiger partial charge is 0.325 e. The van der Waals surface area contributed by atoms with Crippen LogP contribution in [-0.2, 0) is 11.3 Å². The molecule has 0 aliphatic carbocycles. The molecule has 27 heavy (non-hydrogen) atoms. The van der Waals surface area contributed by atoms with Crippen LogP contribution in [0.3, 0.4) is 0 Å². The van der Waals surface area contributed by atoms with Crippen molar-refractivity contribution in [3.8, 4) is 11.4 Å². The van der Waals surface area contributed by atoms with E-state index in [0.717, 1.165) is 15.7 Å². The highest BCUT2D eigenvalue weighted by Gasteiger charge is 2.15. The molecule has 0 atom stereocenters. The summed E-state index contributed by atoms with van der Waals surface area (Å²) in [6, 6.07) is 13.4. The number of rotatable bonds is 7. The number of hydrogen-bond donors (Lipinski definition) is 1. The summed E-state index contributed by atoms with van der Waals surface area (Å²) >= 11 is 4.64. The number of anilines is 1. The quantitative estimate of drug-likeness (QED) is 0.419. The van der Waals surface area contributed by atoms with Gasteiger partial charge in [-0.3, -0.25) is 9.36 Å². The standard InChI is InChI=1S/C19H16BrFN4OS/c1-2-11-25-18(13-3-7-15(21)8-4-13)23-24-19(25)27-12-17(26)22-16-9-5-14(20)6-10-16/h2-10H,1,11-12H2,(H,22,26). The third-order valence-electron chi connectivity index (χ3n) is 3.59. The van der Waals surface area contributed by atoms with Gasteiger partial charge in [0.1, 0.15) is 5.82 Å². The minimum absolute atomic E-state index is 0.140. The van der Waals surface area contributed by atoms with E-state index < -0.39 is 0 Å². The highest BCUT2D eigenvalue weighted by molar-refractivity contribution is 9.10. The molecule has 0 saturated carbocycles. The van der Waals surface area contributed by atoms with E-state index >= 15 is 0 Å². The van der Waals surface area contributed by atoms with E-state index in [1.807, 2.05) is 28.8 Å². The molecule has 0 aliphatic heterocycles. The SMILES string of the molecule is C=CCn1c(SCC(=O)Nc2ccc(Br)cc2)nnc1-c1ccc(F)cc1. The minimum atomic E-state index is -0.312. The summed E-state index contributed by atoms with van der Waals surface area (Å²) in [6.45, 7) is 4.24. The lowest BCUT2D eigenvalue weighted by atomic mass is 10.2. The number of carbonyl (C=O) groups excluding carboxylic acids is 1.